The topological polar surface area (TPSA) is 46.0 Å². The maximum absolute atomic E-state index is 5.00. The van der Waals surface area contributed by atoms with E-state index in [1.54, 1.807) is 0 Å². The van der Waals surface area contributed by atoms with Gasteiger partial charge in [-0.15, -0.1) is 0 Å². The van der Waals surface area contributed by atoms with Crippen LogP contribution in [0, 0.1) is 6.92 Å². The zero-order valence-electron chi connectivity index (χ0n) is 18.1. The van der Waals surface area contributed by atoms with Gasteiger partial charge < -0.3 is 14.8 Å². The van der Waals surface area contributed by atoms with Crippen molar-refractivity contribution < 1.29 is 0 Å². The van der Waals surface area contributed by atoms with Crippen molar-refractivity contribution in [3.63, 3.8) is 0 Å². The Morgan fingerprint density at radius 2 is 1.83 bits per heavy atom. The van der Waals surface area contributed by atoms with Crippen molar-refractivity contribution in [2.24, 2.45) is 0 Å². The van der Waals surface area contributed by atoms with Crippen molar-refractivity contribution >= 4 is 11.0 Å². The second-order valence-electron chi connectivity index (χ2n) is 8.89. The molecule has 1 aliphatic heterocycles. The number of hydrogen-bond donors (Lipinski definition) is 1. The summed E-state index contributed by atoms with van der Waals surface area (Å²) in [7, 11) is 0. The summed E-state index contributed by atoms with van der Waals surface area (Å²) < 4.78 is 2.43. The van der Waals surface area contributed by atoms with Gasteiger partial charge in [0, 0.05) is 18.8 Å². The van der Waals surface area contributed by atoms with Crippen LogP contribution in [0.25, 0.3) is 11.0 Å². The second-order valence-corrected chi connectivity index (χ2v) is 8.89. The number of para-hydroxylation sites is 2. The average Bonchev–Trinajstić information content (AvgIpc) is 3.14. The minimum absolute atomic E-state index is 0.323. The lowest BCUT2D eigenvalue weighted by Gasteiger charge is -2.27. The van der Waals surface area contributed by atoms with E-state index < -0.39 is 0 Å². The van der Waals surface area contributed by atoms with E-state index in [4.69, 9.17) is 9.97 Å². The third kappa shape index (κ3) is 4.14. The Kier molecular flexibility index (Phi) is 5.82. The molecule has 1 aliphatic carbocycles. The number of benzene rings is 1. The van der Waals surface area contributed by atoms with Gasteiger partial charge in [-0.2, -0.15) is 0 Å². The molecule has 3 aromatic rings. The van der Waals surface area contributed by atoms with Gasteiger partial charge in [0.2, 0.25) is 0 Å². The highest BCUT2D eigenvalue weighted by Gasteiger charge is 2.22. The third-order valence-electron chi connectivity index (χ3n) is 6.75. The van der Waals surface area contributed by atoms with E-state index >= 15 is 0 Å². The fraction of sp³-hybridized carbons (Fsp3) is 0.520. The molecule has 1 unspecified atom stereocenters. The Labute approximate surface area is 179 Å². The molecule has 3 heterocycles. The zero-order chi connectivity index (χ0) is 20.3. The quantitative estimate of drug-likeness (QED) is 0.663. The van der Waals surface area contributed by atoms with Crippen LogP contribution in [0.5, 0.6) is 0 Å². The van der Waals surface area contributed by atoms with E-state index in [2.05, 4.69) is 58.1 Å². The highest BCUT2D eigenvalue weighted by molar-refractivity contribution is 5.75. The van der Waals surface area contributed by atoms with E-state index in [9.17, 15) is 0 Å². The van der Waals surface area contributed by atoms with Gasteiger partial charge in [-0.05, 0) is 75.9 Å². The first kappa shape index (κ1) is 19.7. The standard InChI is InChI=1S/C25H33N5/c1-19-12-13-20-8-7-10-22(25(20)27-19)26-18-24-28-21-9-3-4-11-23(21)30(24)17-16-29-14-5-2-6-15-29/h3-4,9,11-13,22,26H,2,5-8,10,14-18H2,1H3. The maximum atomic E-state index is 5.00. The summed E-state index contributed by atoms with van der Waals surface area (Å²) in [5.41, 5.74) is 6.12. The monoisotopic (exact) mass is 403 g/mol. The van der Waals surface area contributed by atoms with E-state index in [1.807, 2.05) is 0 Å². The summed E-state index contributed by atoms with van der Waals surface area (Å²) in [5, 5.41) is 3.80. The highest BCUT2D eigenvalue weighted by atomic mass is 15.2. The molecule has 1 atom stereocenters. The number of nitrogens with zero attached hydrogens (tertiary/aromatic N) is 4. The molecular formula is C25H33N5. The Morgan fingerprint density at radius 1 is 0.967 bits per heavy atom. The molecule has 2 aliphatic rings. The van der Waals surface area contributed by atoms with Gasteiger partial charge in [-0.25, -0.2) is 4.98 Å². The van der Waals surface area contributed by atoms with Gasteiger partial charge in [0.05, 0.1) is 29.3 Å². The normalized spacial score (nSPS) is 19.8. The predicted molar refractivity (Wildman–Crippen MR) is 122 cm³/mol. The van der Waals surface area contributed by atoms with Gasteiger partial charge in [0.15, 0.2) is 0 Å². The predicted octanol–water partition coefficient (Wildman–Crippen LogP) is 4.39. The van der Waals surface area contributed by atoms with Gasteiger partial charge in [0.25, 0.3) is 0 Å². The Bertz CT molecular complexity index is 1000. The molecule has 1 N–H and O–H groups in total. The smallest absolute Gasteiger partial charge is 0.123 e. The number of likely N-dealkylation sites (tertiary alicyclic amines) is 1. The van der Waals surface area contributed by atoms with Crippen LogP contribution in [0.2, 0.25) is 0 Å². The Hall–Kier alpha value is -2.24. The number of rotatable bonds is 6. The SMILES string of the molecule is Cc1ccc2c(n1)C(NCc1nc3ccccc3n1CCN1CCCCC1)CCC2. The highest BCUT2D eigenvalue weighted by Crippen LogP contribution is 2.29. The Morgan fingerprint density at radius 3 is 2.73 bits per heavy atom. The van der Waals surface area contributed by atoms with Crippen molar-refractivity contribution in [1.29, 1.82) is 0 Å². The molecule has 5 nitrogen and oxygen atoms in total. The van der Waals surface area contributed by atoms with Crippen LogP contribution < -0.4 is 5.32 Å². The van der Waals surface area contributed by atoms with E-state index in [1.165, 1.54) is 55.5 Å². The third-order valence-corrected chi connectivity index (χ3v) is 6.75. The molecule has 0 bridgehead atoms. The first-order chi connectivity index (χ1) is 14.8. The lowest BCUT2D eigenvalue weighted by Crippen LogP contribution is -2.33. The fourth-order valence-electron chi connectivity index (χ4n) is 5.10. The molecule has 0 saturated carbocycles. The molecule has 30 heavy (non-hydrogen) atoms. The number of imidazole rings is 1. The van der Waals surface area contributed by atoms with Gasteiger partial charge >= 0.3 is 0 Å². The zero-order valence-corrected chi connectivity index (χ0v) is 18.1. The summed E-state index contributed by atoms with van der Waals surface area (Å²) in [5.74, 6) is 1.15. The number of aromatic nitrogens is 3. The molecule has 5 rings (SSSR count). The van der Waals surface area contributed by atoms with E-state index in [0.29, 0.717) is 6.04 Å². The number of hydrogen-bond acceptors (Lipinski definition) is 4. The molecule has 0 spiro atoms. The number of nitrogens with one attached hydrogen (secondary N) is 1. The molecule has 2 aromatic heterocycles. The van der Waals surface area contributed by atoms with Crippen LogP contribution in [-0.4, -0.2) is 39.1 Å². The lowest BCUT2D eigenvalue weighted by atomic mass is 9.91. The lowest BCUT2D eigenvalue weighted by molar-refractivity contribution is 0.220. The largest absolute Gasteiger partial charge is 0.326 e. The molecule has 1 aromatic carbocycles. The number of fused-ring (bicyclic) bond motifs is 2. The number of pyridine rings is 1. The average molecular weight is 404 g/mol. The van der Waals surface area contributed by atoms with Crippen LogP contribution in [0.3, 0.4) is 0 Å². The van der Waals surface area contributed by atoms with Crippen LogP contribution in [-0.2, 0) is 19.5 Å². The van der Waals surface area contributed by atoms with Crippen molar-refractivity contribution in [2.75, 3.05) is 19.6 Å². The molecular weight excluding hydrogens is 370 g/mol. The van der Waals surface area contributed by atoms with Crippen molar-refractivity contribution in [3.8, 4) is 0 Å². The summed E-state index contributed by atoms with van der Waals surface area (Å²) in [6.45, 7) is 7.48. The van der Waals surface area contributed by atoms with Crippen LogP contribution >= 0.6 is 0 Å². The minimum atomic E-state index is 0.323. The number of piperidine rings is 1. The number of aryl methyl sites for hydroxylation is 2. The molecule has 1 saturated heterocycles. The van der Waals surface area contributed by atoms with Crippen LogP contribution in [0.4, 0.5) is 0 Å². The second kappa shape index (κ2) is 8.86. The molecule has 158 valence electrons. The fourth-order valence-corrected chi connectivity index (χ4v) is 5.10. The van der Waals surface area contributed by atoms with Crippen molar-refractivity contribution in [2.45, 2.75) is 64.6 Å². The molecule has 0 radical (unpaired) electrons. The maximum Gasteiger partial charge on any atom is 0.123 e. The van der Waals surface area contributed by atoms with Gasteiger partial charge in [0.1, 0.15) is 5.82 Å². The minimum Gasteiger partial charge on any atom is -0.326 e. The summed E-state index contributed by atoms with van der Waals surface area (Å²) in [6.07, 6.45) is 7.59. The van der Waals surface area contributed by atoms with Crippen molar-refractivity contribution in [3.05, 3.63) is 59.2 Å². The van der Waals surface area contributed by atoms with Crippen LogP contribution in [0.15, 0.2) is 36.4 Å². The van der Waals surface area contributed by atoms with Gasteiger partial charge in [-0.1, -0.05) is 24.6 Å². The molecule has 0 amide bonds. The first-order valence-electron chi connectivity index (χ1n) is 11.6. The summed E-state index contributed by atoms with van der Waals surface area (Å²) in [6, 6.07) is 13.3. The van der Waals surface area contributed by atoms with E-state index in [0.717, 1.165) is 49.5 Å². The Balaban J connectivity index is 1.35. The van der Waals surface area contributed by atoms with Crippen molar-refractivity contribution in [1.82, 2.24) is 24.8 Å². The molecule has 1 fully saturated rings. The van der Waals surface area contributed by atoms with E-state index in [-0.39, 0.29) is 0 Å². The summed E-state index contributed by atoms with van der Waals surface area (Å²) in [4.78, 5) is 12.5. The van der Waals surface area contributed by atoms with Crippen LogP contribution in [0.1, 0.15) is 60.9 Å². The first-order valence-corrected chi connectivity index (χ1v) is 11.6. The van der Waals surface area contributed by atoms with Gasteiger partial charge in [-0.3, -0.25) is 4.98 Å². The summed E-state index contributed by atoms with van der Waals surface area (Å²) >= 11 is 0. The molecule has 5 heteroatoms.